The van der Waals surface area contributed by atoms with Crippen molar-refractivity contribution in [2.24, 2.45) is 29.6 Å². The second-order valence-electron chi connectivity index (χ2n) is 12.0. The third-order valence-corrected chi connectivity index (χ3v) is 12.5. The van der Waals surface area contributed by atoms with Gasteiger partial charge >= 0.3 is 11.0 Å². The highest BCUT2D eigenvalue weighted by molar-refractivity contribution is 8.00. The number of fused-ring (bicyclic) bond motifs is 9. The van der Waals surface area contributed by atoms with Crippen LogP contribution in [-0.4, -0.2) is 22.0 Å². The Morgan fingerprint density at radius 1 is 0.933 bits per heavy atom. The number of nitrogens with zero attached hydrogens (tertiary/aromatic N) is 1. The van der Waals surface area contributed by atoms with E-state index in [0.717, 1.165) is 38.1 Å². The Morgan fingerprint density at radius 2 is 1.67 bits per heavy atom. The fraction of sp³-hybridized carbons (Fsp3) is 0.303. The van der Waals surface area contributed by atoms with Crippen LogP contribution in [0.5, 0.6) is 5.75 Å². The number of imide groups is 1. The number of carbonyl (C=O) groups is 2. The van der Waals surface area contributed by atoms with Crippen molar-refractivity contribution in [2.45, 2.75) is 35.4 Å². The van der Waals surface area contributed by atoms with Crippen molar-refractivity contribution in [1.82, 2.24) is 4.98 Å². The van der Waals surface area contributed by atoms with Crippen molar-refractivity contribution in [3.63, 3.8) is 0 Å². The number of halogens is 4. The van der Waals surface area contributed by atoms with E-state index in [1.54, 1.807) is 17.8 Å². The lowest BCUT2D eigenvalue weighted by Gasteiger charge is -2.43. The average Bonchev–Trinajstić information content (AvgIpc) is 3.75. The van der Waals surface area contributed by atoms with E-state index in [2.05, 4.69) is 4.98 Å². The molecule has 2 aliphatic carbocycles. The summed E-state index contributed by atoms with van der Waals surface area (Å²) < 4.78 is 46.4. The summed E-state index contributed by atoms with van der Waals surface area (Å²) >= 11 is 8.82. The number of benzene rings is 3. The van der Waals surface area contributed by atoms with Crippen molar-refractivity contribution in [2.75, 3.05) is 4.90 Å². The first-order chi connectivity index (χ1) is 21.6. The molecule has 4 aromatic rings. The predicted octanol–water partition coefficient (Wildman–Crippen LogP) is 7.37. The number of thiazole rings is 1. The number of nitrogens with one attached hydrogen (secondary N) is 1. The Morgan fingerprint density at radius 3 is 2.40 bits per heavy atom. The summed E-state index contributed by atoms with van der Waals surface area (Å²) in [6, 6.07) is 19.6. The van der Waals surface area contributed by atoms with Crippen LogP contribution in [0.4, 0.5) is 18.9 Å². The summed E-state index contributed by atoms with van der Waals surface area (Å²) in [6.45, 7) is 0.347. The number of hydrogen-bond donors (Lipinski definition) is 1. The van der Waals surface area contributed by atoms with Crippen LogP contribution in [0.1, 0.15) is 33.9 Å². The molecule has 3 aromatic carbocycles. The highest BCUT2D eigenvalue weighted by atomic mass is 35.5. The molecule has 1 aromatic heterocycles. The van der Waals surface area contributed by atoms with Crippen molar-refractivity contribution in [3.8, 4) is 5.75 Å². The summed E-state index contributed by atoms with van der Waals surface area (Å²) in [7, 11) is 0. The topological polar surface area (TPSA) is 79.5 Å². The fourth-order valence-electron chi connectivity index (χ4n) is 8.03. The van der Waals surface area contributed by atoms with Gasteiger partial charge in [-0.25, -0.2) is 0 Å². The number of ether oxygens (including phenoxy) is 1. The maximum atomic E-state index is 13.9. The van der Waals surface area contributed by atoms with E-state index in [1.807, 2.05) is 42.5 Å². The molecule has 2 amide bonds. The lowest BCUT2D eigenvalue weighted by atomic mass is 9.68. The molecule has 0 spiro atoms. The van der Waals surface area contributed by atoms with Crippen LogP contribution in [0.25, 0.3) is 0 Å². The van der Waals surface area contributed by atoms with Crippen LogP contribution in [0.15, 0.2) is 82.6 Å². The van der Waals surface area contributed by atoms with E-state index >= 15 is 0 Å². The second kappa shape index (κ2) is 10.5. The molecule has 8 rings (SSSR count). The molecular formula is C33H24ClF3N2O4S2. The molecule has 7 atom stereocenters. The molecule has 230 valence electrons. The van der Waals surface area contributed by atoms with Gasteiger partial charge in [0.1, 0.15) is 12.4 Å². The second-order valence-corrected chi connectivity index (χ2v) is 14.6. The third-order valence-electron chi connectivity index (χ3n) is 9.69. The van der Waals surface area contributed by atoms with E-state index in [0.29, 0.717) is 23.8 Å². The zero-order chi connectivity index (χ0) is 31.2. The van der Waals surface area contributed by atoms with E-state index in [9.17, 15) is 27.6 Å². The van der Waals surface area contributed by atoms with Crippen LogP contribution >= 0.6 is 34.7 Å². The summed E-state index contributed by atoms with van der Waals surface area (Å²) in [5, 5.41) is 1.38. The van der Waals surface area contributed by atoms with Crippen molar-refractivity contribution < 1.29 is 27.5 Å². The first-order valence-electron chi connectivity index (χ1n) is 14.5. The lowest BCUT2D eigenvalue weighted by molar-refractivity contribution is -0.137. The predicted molar refractivity (Wildman–Crippen MR) is 165 cm³/mol. The number of alkyl halides is 3. The Hall–Kier alpha value is -3.54. The molecular weight excluding hydrogens is 645 g/mol. The normalized spacial score (nSPS) is 28.3. The molecule has 3 fully saturated rings. The van der Waals surface area contributed by atoms with Crippen LogP contribution < -0.4 is 14.5 Å². The van der Waals surface area contributed by atoms with Crippen LogP contribution in [0.2, 0.25) is 5.02 Å². The van der Waals surface area contributed by atoms with Gasteiger partial charge in [0.25, 0.3) is 0 Å². The number of hydrogen-bond acceptors (Lipinski definition) is 6. The van der Waals surface area contributed by atoms with Gasteiger partial charge in [-0.15, -0.1) is 11.8 Å². The molecule has 1 N–H and O–H groups in total. The molecule has 4 aliphatic rings. The SMILES string of the molecule is O=C1C2C(C(=O)N1c1cccc(C(F)(F)F)c1)[C@@H]1C[C@H]2C2Sc3[nH]c(=O)sc3C(c3ccc(OCc4cccc(Cl)c4)cc3)C21. The highest BCUT2D eigenvalue weighted by Gasteiger charge is 2.69. The van der Waals surface area contributed by atoms with Gasteiger partial charge < -0.3 is 9.72 Å². The molecule has 6 nitrogen and oxygen atoms in total. The number of aromatic amines is 1. The van der Waals surface area contributed by atoms with Gasteiger partial charge in [-0.3, -0.25) is 19.3 Å². The molecule has 12 heteroatoms. The maximum absolute atomic E-state index is 13.9. The summed E-state index contributed by atoms with van der Waals surface area (Å²) in [5.41, 5.74) is 0.968. The van der Waals surface area contributed by atoms with Crippen LogP contribution in [0, 0.1) is 29.6 Å². The largest absolute Gasteiger partial charge is 0.489 e. The molecule has 1 saturated heterocycles. The number of anilines is 1. The zero-order valence-corrected chi connectivity index (χ0v) is 25.7. The van der Waals surface area contributed by atoms with Gasteiger partial charge in [0.15, 0.2) is 0 Å². The Kier molecular flexibility index (Phi) is 6.74. The minimum atomic E-state index is -4.60. The summed E-state index contributed by atoms with van der Waals surface area (Å²) in [5.74, 6) is -1.91. The number of thioether (sulfide) groups is 1. The monoisotopic (exact) mass is 668 g/mol. The Labute approximate surface area is 268 Å². The van der Waals surface area contributed by atoms with E-state index in [1.165, 1.54) is 23.5 Å². The van der Waals surface area contributed by atoms with Crippen LogP contribution in [-0.2, 0) is 22.4 Å². The molecule has 2 aliphatic heterocycles. The van der Waals surface area contributed by atoms with E-state index in [4.69, 9.17) is 16.3 Å². The Bertz CT molecular complexity index is 1910. The number of amides is 2. The average molecular weight is 669 g/mol. The van der Waals surface area contributed by atoms with E-state index in [-0.39, 0.29) is 39.5 Å². The van der Waals surface area contributed by atoms with Gasteiger partial charge in [-0.2, -0.15) is 13.2 Å². The number of carbonyl (C=O) groups excluding carboxylic acids is 2. The van der Waals surface area contributed by atoms with Gasteiger partial charge in [0, 0.05) is 21.1 Å². The van der Waals surface area contributed by atoms with Crippen molar-refractivity contribution >= 4 is 52.2 Å². The minimum absolute atomic E-state index is 0.0309. The quantitative estimate of drug-likeness (QED) is 0.225. The molecule has 3 heterocycles. The molecule has 5 unspecified atom stereocenters. The van der Waals surface area contributed by atoms with Gasteiger partial charge in [-0.1, -0.05) is 53.3 Å². The summed E-state index contributed by atoms with van der Waals surface area (Å²) in [6.07, 6.45) is -3.91. The highest BCUT2D eigenvalue weighted by Crippen LogP contribution is 2.68. The van der Waals surface area contributed by atoms with Crippen LogP contribution in [0.3, 0.4) is 0 Å². The van der Waals surface area contributed by atoms with Crippen molar-refractivity contribution in [1.29, 1.82) is 0 Å². The standard InChI is InChI=1S/C33H24ClF3N2O4S2/c34-18-5-1-3-15(11-18)14-43-20-9-7-16(8-10-20)23-24-21-13-22(27(24)44-29-28(23)45-32(42)38-29)26-25(21)30(40)39(31(26)41)19-6-2-4-17(12-19)33(35,36)37/h1-12,21-27H,13-14H2,(H,38,42)/t21-,22-,23?,24?,25?,26?,27?/m1/s1. The Balaban J connectivity index is 1.11. The van der Waals surface area contributed by atoms with Gasteiger partial charge in [0.05, 0.1) is 28.1 Å². The smallest absolute Gasteiger partial charge is 0.416 e. The minimum Gasteiger partial charge on any atom is -0.489 e. The number of H-pyrrole nitrogens is 1. The molecule has 2 bridgehead atoms. The maximum Gasteiger partial charge on any atom is 0.416 e. The fourth-order valence-corrected chi connectivity index (χ4v) is 11.1. The van der Waals surface area contributed by atoms with Gasteiger partial charge in [-0.05, 0) is 77.8 Å². The van der Waals surface area contributed by atoms with Crippen molar-refractivity contribution in [3.05, 3.63) is 109 Å². The number of rotatable bonds is 5. The van der Waals surface area contributed by atoms with Gasteiger partial charge in [0.2, 0.25) is 11.8 Å². The number of aromatic nitrogens is 1. The third kappa shape index (κ3) is 4.65. The first-order valence-corrected chi connectivity index (χ1v) is 16.6. The zero-order valence-electron chi connectivity index (χ0n) is 23.3. The molecule has 45 heavy (non-hydrogen) atoms. The lowest BCUT2D eigenvalue weighted by Crippen LogP contribution is -2.42. The van der Waals surface area contributed by atoms with E-state index < -0.39 is 35.4 Å². The first kappa shape index (κ1) is 28.9. The summed E-state index contributed by atoms with van der Waals surface area (Å²) in [4.78, 5) is 45.0. The molecule has 2 saturated carbocycles. The molecule has 0 radical (unpaired) electrons.